The van der Waals surface area contributed by atoms with Crippen LogP contribution in [0.2, 0.25) is 0 Å². The number of carboxylic acid groups (broad SMARTS) is 2. The van der Waals surface area contributed by atoms with Gasteiger partial charge in [0.05, 0.1) is 6.10 Å². The molecule has 28 heavy (non-hydrogen) atoms. The third-order valence-corrected chi connectivity index (χ3v) is 3.30. The largest absolute Gasteiger partial charge is 0.478 e. The molecule has 2 aromatic rings. The van der Waals surface area contributed by atoms with Crippen molar-refractivity contribution in [2.24, 2.45) is 0 Å². The highest BCUT2D eigenvalue weighted by molar-refractivity contribution is 5.89. The van der Waals surface area contributed by atoms with Gasteiger partial charge in [0.15, 0.2) is 0 Å². The maximum Gasteiger partial charge on any atom is 0.328 e. The van der Waals surface area contributed by atoms with Crippen LogP contribution in [0.5, 0.6) is 0 Å². The summed E-state index contributed by atoms with van der Waals surface area (Å²) in [6.45, 7) is -9.42. The Morgan fingerprint density at radius 1 is 1.21 bits per heavy atom. The van der Waals surface area contributed by atoms with E-state index in [9.17, 15) is 19.8 Å². The lowest BCUT2D eigenvalue weighted by atomic mass is 10.1. The van der Waals surface area contributed by atoms with Crippen molar-refractivity contribution in [1.82, 2.24) is 5.32 Å². The molecule has 0 bridgehead atoms. The molecule has 8 nitrogen and oxygen atoms in total. The van der Waals surface area contributed by atoms with Gasteiger partial charge in [0.2, 0.25) is 0 Å². The highest BCUT2D eigenvalue weighted by Gasteiger charge is 2.18. The van der Waals surface area contributed by atoms with Crippen LogP contribution in [0.4, 0.5) is 0 Å². The molecule has 1 aromatic carbocycles. The number of carboxylic acids is 2. The average molecular weight is 402 g/mol. The van der Waals surface area contributed by atoms with Gasteiger partial charge in [-0.05, 0) is 33.5 Å². The number of hydrogen-bond acceptors (Lipinski definition) is 6. The van der Waals surface area contributed by atoms with E-state index in [2.05, 4.69) is 5.32 Å². The average Bonchev–Trinajstić information content (AvgIpc) is 3.14. The molecule has 0 radical (unpaired) electrons. The number of furan rings is 1. The van der Waals surface area contributed by atoms with Gasteiger partial charge in [0.25, 0.3) is 0 Å². The zero-order valence-corrected chi connectivity index (χ0v) is 14.8. The van der Waals surface area contributed by atoms with Gasteiger partial charge < -0.3 is 30.2 Å². The summed E-state index contributed by atoms with van der Waals surface area (Å²) >= 11 is 0. The molecule has 1 aromatic heterocycles. The van der Waals surface area contributed by atoms with Crippen LogP contribution < -0.4 is 5.32 Å². The summed E-state index contributed by atoms with van der Waals surface area (Å²) < 4.78 is 73.8. The molecular weight excluding hydrogens is 366 g/mol. The SMILES string of the molecule is O=C(O)/C=C\C(=O)O.[2H]C([2H])([2H])C(NCC(O)c1cc2cccc(C(C)O)c2o1)(C([2H])([2H])[2H])C([2H])([2H])[2H]. The number of rotatable bonds is 6. The number of nitrogens with one attached hydrogen (secondary N) is 1. The van der Waals surface area contributed by atoms with E-state index in [0.717, 1.165) is 0 Å². The Balaban J connectivity index is 0.000000738. The zero-order valence-electron chi connectivity index (χ0n) is 23.8. The number of hydrogen-bond donors (Lipinski definition) is 5. The summed E-state index contributed by atoms with van der Waals surface area (Å²) in [4.78, 5) is 19.1. The molecule has 0 aliphatic carbocycles. The molecule has 0 aliphatic rings. The van der Waals surface area contributed by atoms with Gasteiger partial charge in [-0.1, -0.05) is 18.2 Å². The van der Waals surface area contributed by atoms with Crippen LogP contribution in [0.3, 0.4) is 0 Å². The summed E-state index contributed by atoms with van der Waals surface area (Å²) in [7, 11) is 0. The van der Waals surface area contributed by atoms with Gasteiger partial charge >= 0.3 is 11.9 Å². The van der Waals surface area contributed by atoms with Crippen LogP contribution in [-0.4, -0.2) is 44.4 Å². The molecule has 0 saturated heterocycles. The molecule has 0 fully saturated rings. The van der Waals surface area contributed by atoms with Crippen LogP contribution in [0.15, 0.2) is 40.8 Å². The Bertz CT molecular complexity index is 1070. The second-order valence-corrected chi connectivity index (χ2v) is 5.75. The molecule has 154 valence electrons. The minimum atomic E-state index is -3.42. The Labute approximate surface area is 175 Å². The number of benzene rings is 1. The van der Waals surface area contributed by atoms with Crippen LogP contribution >= 0.6 is 0 Å². The highest BCUT2D eigenvalue weighted by atomic mass is 16.4. The summed E-state index contributed by atoms with van der Waals surface area (Å²) in [6.07, 6.45) is -1.26. The van der Waals surface area contributed by atoms with E-state index in [1.807, 2.05) is 0 Å². The first-order valence-electron chi connectivity index (χ1n) is 12.4. The van der Waals surface area contributed by atoms with Crippen molar-refractivity contribution in [2.75, 3.05) is 6.54 Å². The number of aliphatic carboxylic acids is 2. The van der Waals surface area contributed by atoms with E-state index in [1.54, 1.807) is 18.2 Å². The van der Waals surface area contributed by atoms with E-state index in [-0.39, 0.29) is 5.76 Å². The normalized spacial score (nSPS) is 19.9. The number of fused-ring (bicyclic) bond motifs is 1. The standard InChI is InChI=1S/C16H23NO3.C4H4O4/c1-10(18)12-7-5-6-11-8-14(20-15(11)12)13(19)9-17-16(2,3)4;5-3(6)1-2-4(7)8/h5-8,10,13,17-19H,9H2,1-4H3;1-2H,(H,5,6)(H,7,8)/b;2-1-/i2D3,3D3,4D3;. The Kier molecular flexibility index (Phi) is 4.55. The fourth-order valence-electron chi connectivity index (χ4n) is 2.09. The van der Waals surface area contributed by atoms with Crippen molar-refractivity contribution in [3.63, 3.8) is 0 Å². The maximum atomic E-state index is 10.4. The summed E-state index contributed by atoms with van der Waals surface area (Å²) in [6, 6.07) is 6.44. The van der Waals surface area contributed by atoms with Crippen molar-refractivity contribution in [2.45, 2.75) is 45.2 Å². The van der Waals surface area contributed by atoms with Crippen molar-refractivity contribution in [3.8, 4) is 0 Å². The van der Waals surface area contributed by atoms with E-state index in [0.29, 0.717) is 28.7 Å². The van der Waals surface area contributed by atoms with Gasteiger partial charge in [-0.25, -0.2) is 9.59 Å². The van der Waals surface area contributed by atoms with Gasteiger partial charge in [-0.2, -0.15) is 0 Å². The number of carbonyl (C=O) groups is 2. The minimum Gasteiger partial charge on any atom is -0.478 e. The lowest BCUT2D eigenvalue weighted by molar-refractivity contribution is -0.134. The number of para-hydroxylation sites is 1. The zero-order chi connectivity index (χ0) is 29.0. The molecule has 2 rings (SSSR count). The minimum absolute atomic E-state index is 0.0314. The van der Waals surface area contributed by atoms with Gasteiger partial charge in [0.1, 0.15) is 17.4 Å². The van der Waals surface area contributed by atoms with Gasteiger partial charge in [0, 0.05) is 47.5 Å². The predicted octanol–water partition coefficient (Wildman–Crippen LogP) is 2.62. The highest BCUT2D eigenvalue weighted by Crippen LogP contribution is 2.29. The van der Waals surface area contributed by atoms with E-state index in [4.69, 9.17) is 27.0 Å². The summed E-state index contributed by atoms with van der Waals surface area (Å²) in [5.74, 6) is -2.55. The first-order valence-corrected chi connectivity index (χ1v) is 7.93. The monoisotopic (exact) mass is 402 g/mol. The maximum absolute atomic E-state index is 10.4. The third-order valence-electron chi connectivity index (χ3n) is 3.30. The molecule has 0 aliphatic heterocycles. The first kappa shape index (κ1) is 12.7. The fourth-order valence-corrected chi connectivity index (χ4v) is 2.09. The lowest BCUT2D eigenvalue weighted by Crippen LogP contribution is -2.38. The van der Waals surface area contributed by atoms with Crippen LogP contribution in [0, 0.1) is 0 Å². The van der Waals surface area contributed by atoms with Crippen molar-refractivity contribution in [1.29, 1.82) is 0 Å². The molecule has 1 heterocycles. The molecule has 0 saturated carbocycles. The second kappa shape index (κ2) is 10.0. The Morgan fingerprint density at radius 2 is 1.82 bits per heavy atom. The molecular formula is C20H27NO7. The number of β-amino-alcohol motifs (C(OH)–C–C–N with tert-alkyl or cyclic N) is 1. The van der Waals surface area contributed by atoms with Crippen molar-refractivity contribution in [3.05, 3.63) is 47.7 Å². The van der Waals surface area contributed by atoms with Crippen LogP contribution in [0.25, 0.3) is 11.0 Å². The fraction of sp³-hybridized carbons (Fsp3) is 0.400. The quantitative estimate of drug-likeness (QED) is 0.465. The molecule has 0 spiro atoms. The number of aliphatic hydroxyl groups excluding tert-OH is 2. The molecule has 2 atom stereocenters. The molecule has 2 unspecified atom stereocenters. The van der Waals surface area contributed by atoms with Crippen molar-refractivity contribution >= 4 is 22.9 Å². The van der Waals surface area contributed by atoms with E-state index < -0.39 is 56.8 Å². The Hall–Kier alpha value is -2.68. The first-order chi connectivity index (χ1) is 16.7. The van der Waals surface area contributed by atoms with Crippen molar-refractivity contribution < 1.29 is 46.8 Å². The smallest absolute Gasteiger partial charge is 0.328 e. The van der Waals surface area contributed by atoms with Gasteiger partial charge in [-0.3, -0.25) is 0 Å². The molecule has 5 N–H and O–H groups in total. The second-order valence-electron chi connectivity index (χ2n) is 5.75. The topological polar surface area (TPSA) is 140 Å². The van der Waals surface area contributed by atoms with E-state index in [1.165, 1.54) is 13.0 Å². The molecule has 0 amide bonds. The number of aliphatic hydroxyl groups is 2. The Morgan fingerprint density at radius 3 is 2.32 bits per heavy atom. The summed E-state index contributed by atoms with van der Waals surface area (Å²) in [5, 5.41) is 38.5. The van der Waals surface area contributed by atoms with Crippen LogP contribution in [0.1, 0.15) is 63.3 Å². The van der Waals surface area contributed by atoms with Crippen LogP contribution in [-0.2, 0) is 9.59 Å². The predicted molar refractivity (Wildman–Crippen MR) is 104 cm³/mol. The lowest BCUT2D eigenvalue weighted by Gasteiger charge is -2.22. The summed E-state index contributed by atoms with van der Waals surface area (Å²) in [5.41, 5.74) is -2.47. The van der Waals surface area contributed by atoms with E-state index >= 15 is 0 Å². The van der Waals surface area contributed by atoms with Gasteiger partial charge in [-0.15, -0.1) is 0 Å². The third kappa shape index (κ3) is 7.91. The molecule has 8 heteroatoms.